The summed E-state index contributed by atoms with van der Waals surface area (Å²) in [6, 6.07) is 0. The van der Waals surface area contributed by atoms with Crippen LogP contribution < -0.4 is 10.6 Å². The normalized spacial score (nSPS) is 19.2. The van der Waals surface area contributed by atoms with Crippen LogP contribution >= 0.6 is 23.2 Å². The molecule has 1 saturated heterocycles. The Morgan fingerprint density at radius 2 is 2.32 bits per heavy atom. The van der Waals surface area contributed by atoms with Crippen molar-refractivity contribution in [3.8, 4) is 0 Å². The Kier molecular flexibility index (Phi) is 5.36. The van der Waals surface area contributed by atoms with Gasteiger partial charge in [-0.1, -0.05) is 23.2 Å². The fraction of sp³-hybridized carbons (Fsp3) is 0.583. The van der Waals surface area contributed by atoms with Crippen molar-refractivity contribution in [1.82, 2.24) is 15.3 Å². The Hall–Kier alpha value is -0.910. The summed E-state index contributed by atoms with van der Waals surface area (Å²) in [7, 11) is 0. The van der Waals surface area contributed by atoms with E-state index < -0.39 is 0 Å². The van der Waals surface area contributed by atoms with Gasteiger partial charge in [-0.25, -0.2) is 9.97 Å². The van der Waals surface area contributed by atoms with E-state index in [1.165, 1.54) is 19.2 Å². The highest BCUT2D eigenvalue weighted by molar-refractivity contribution is 6.42. The van der Waals surface area contributed by atoms with Crippen LogP contribution in [0.2, 0.25) is 10.2 Å². The first-order valence-corrected chi connectivity index (χ1v) is 7.09. The molecule has 0 spiro atoms. The first-order valence-electron chi connectivity index (χ1n) is 6.33. The Morgan fingerprint density at radius 3 is 3.05 bits per heavy atom. The van der Waals surface area contributed by atoms with Crippen LogP contribution in [0.3, 0.4) is 0 Å². The van der Waals surface area contributed by atoms with Gasteiger partial charge in [0.25, 0.3) is 0 Å². The minimum Gasteiger partial charge on any atom is -0.316 e. The van der Waals surface area contributed by atoms with Crippen molar-refractivity contribution in [2.45, 2.75) is 25.7 Å². The number of anilines is 1. The van der Waals surface area contributed by atoms with E-state index in [1.807, 2.05) is 0 Å². The fourth-order valence-corrected chi connectivity index (χ4v) is 2.41. The average molecular weight is 303 g/mol. The molecule has 1 fully saturated rings. The highest BCUT2D eigenvalue weighted by Gasteiger charge is 2.15. The van der Waals surface area contributed by atoms with Gasteiger partial charge >= 0.3 is 0 Å². The Bertz CT molecular complexity index is 449. The zero-order valence-electron chi connectivity index (χ0n) is 10.5. The van der Waals surface area contributed by atoms with Gasteiger partial charge in [-0.3, -0.25) is 4.79 Å². The number of carbonyl (C=O) groups excluding carboxylic acids is 1. The second-order valence-electron chi connectivity index (χ2n) is 4.63. The SMILES string of the molecule is O=C(CCC1CCCNC1)Nc1ncnc(Cl)c1Cl. The van der Waals surface area contributed by atoms with Crippen molar-refractivity contribution in [3.63, 3.8) is 0 Å². The summed E-state index contributed by atoms with van der Waals surface area (Å²) in [5.41, 5.74) is 0. The lowest BCUT2D eigenvalue weighted by molar-refractivity contribution is -0.116. The van der Waals surface area contributed by atoms with Gasteiger partial charge in [-0.2, -0.15) is 0 Å². The van der Waals surface area contributed by atoms with E-state index >= 15 is 0 Å². The van der Waals surface area contributed by atoms with Crippen molar-refractivity contribution in [3.05, 3.63) is 16.5 Å². The molecule has 0 radical (unpaired) electrons. The molecule has 104 valence electrons. The van der Waals surface area contributed by atoms with Crippen molar-refractivity contribution in [2.75, 3.05) is 18.4 Å². The lowest BCUT2D eigenvalue weighted by atomic mass is 9.94. The molecule has 5 nitrogen and oxygen atoms in total. The van der Waals surface area contributed by atoms with Crippen LogP contribution in [-0.4, -0.2) is 29.0 Å². The number of halogens is 2. The number of nitrogens with zero attached hydrogens (tertiary/aromatic N) is 2. The highest BCUT2D eigenvalue weighted by Crippen LogP contribution is 2.25. The van der Waals surface area contributed by atoms with Crippen LogP contribution in [0.5, 0.6) is 0 Å². The van der Waals surface area contributed by atoms with Gasteiger partial charge in [0.1, 0.15) is 11.3 Å². The van der Waals surface area contributed by atoms with E-state index in [9.17, 15) is 4.79 Å². The molecule has 1 aromatic heterocycles. The molecule has 2 heterocycles. The predicted molar refractivity (Wildman–Crippen MR) is 75.5 cm³/mol. The van der Waals surface area contributed by atoms with Gasteiger partial charge in [0.15, 0.2) is 11.0 Å². The maximum Gasteiger partial charge on any atom is 0.225 e. The van der Waals surface area contributed by atoms with Crippen LogP contribution in [0, 0.1) is 5.92 Å². The van der Waals surface area contributed by atoms with Crippen molar-refractivity contribution in [1.29, 1.82) is 0 Å². The average Bonchev–Trinajstić information content (AvgIpc) is 2.43. The number of nitrogens with one attached hydrogen (secondary N) is 2. The molecule has 1 aliphatic rings. The number of rotatable bonds is 4. The fourth-order valence-electron chi connectivity index (χ4n) is 2.14. The summed E-state index contributed by atoms with van der Waals surface area (Å²) in [5.74, 6) is 0.750. The van der Waals surface area contributed by atoms with Gasteiger partial charge in [-0.15, -0.1) is 0 Å². The van der Waals surface area contributed by atoms with Crippen LogP contribution in [0.4, 0.5) is 5.82 Å². The second-order valence-corrected chi connectivity index (χ2v) is 5.36. The molecule has 19 heavy (non-hydrogen) atoms. The molecule has 2 rings (SSSR count). The smallest absolute Gasteiger partial charge is 0.225 e. The van der Waals surface area contributed by atoms with E-state index in [0.29, 0.717) is 12.3 Å². The minimum atomic E-state index is -0.0951. The molecule has 1 unspecified atom stereocenters. The Balaban J connectivity index is 1.82. The summed E-state index contributed by atoms with van der Waals surface area (Å²) < 4.78 is 0. The van der Waals surface area contributed by atoms with E-state index in [2.05, 4.69) is 20.6 Å². The molecular weight excluding hydrogens is 287 g/mol. The Labute approximate surface area is 122 Å². The molecular formula is C12H16Cl2N4O. The quantitative estimate of drug-likeness (QED) is 0.839. The van der Waals surface area contributed by atoms with Gasteiger partial charge in [-0.05, 0) is 38.3 Å². The van der Waals surface area contributed by atoms with Gasteiger partial charge in [0.05, 0.1) is 0 Å². The van der Waals surface area contributed by atoms with E-state index in [4.69, 9.17) is 23.2 Å². The first-order chi connectivity index (χ1) is 9.16. The van der Waals surface area contributed by atoms with Crippen molar-refractivity contribution >= 4 is 34.9 Å². The summed E-state index contributed by atoms with van der Waals surface area (Å²) in [6.07, 6.45) is 4.97. The van der Waals surface area contributed by atoms with E-state index in [0.717, 1.165) is 19.5 Å². The van der Waals surface area contributed by atoms with E-state index in [1.54, 1.807) is 0 Å². The standard InChI is InChI=1S/C12H16Cl2N4O/c13-10-11(14)16-7-17-12(10)18-9(19)4-3-8-2-1-5-15-6-8/h7-8,15H,1-6H2,(H,16,17,18,19). The number of hydrogen-bond donors (Lipinski definition) is 2. The molecule has 0 aliphatic carbocycles. The molecule has 1 amide bonds. The van der Waals surface area contributed by atoms with Crippen LogP contribution in [-0.2, 0) is 4.79 Å². The third kappa shape index (κ3) is 4.30. The summed E-state index contributed by atoms with van der Waals surface area (Å²) in [4.78, 5) is 19.5. The number of amides is 1. The summed E-state index contributed by atoms with van der Waals surface area (Å²) in [6.45, 7) is 2.07. The lowest BCUT2D eigenvalue weighted by Gasteiger charge is -2.22. The number of hydrogen-bond acceptors (Lipinski definition) is 4. The molecule has 7 heteroatoms. The first kappa shape index (κ1) is 14.5. The number of aromatic nitrogens is 2. The van der Waals surface area contributed by atoms with Crippen LogP contribution in [0.15, 0.2) is 6.33 Å². The molecule has 2 N–H and O–H groups in total. The molecule has 0 aromatic carbocycles. The molecule has 0 saturated carbocycles. The molecule has 1 aliphatic heterocycles. The third-order valence-corrected chi connectivity index (χ3v) is 3.92. The second kappa shape index (κ2) is 7.03. The number of carbonyl (C=O) groups is 1. The molecule has 0 bridgehead atoms. The molecule has 1 aromatic rings. The zero-order chi connectivity index (χ0) is 13.7. The number of piperidine rings is 1. The van der Waals surface area contributed by atoms with Gasteiger partial charge in [0, 0.05) is 6.42 Å². The molecule has 1 atom stereocenters. The topological polar surface area (TPSA) is 66.9 Å². The summed E-state index contributed by atoms with van der Waals surface area (Å²) in [5, 5.41) is 6.32. The Morgan fingerprint density at radius 1 is 1.47 bits per heavy atom. The van der Waals surface area contributed by atoms with E-state index in [-0.39, 0.29) is 21.9 Å². The van der Waals surface area contributed by atoms with Crippen LogP contribution in [0.1, 0.15) is 25.7 Å². The van der Waals surface area contributed by atoms with Gasteiger partial charge < -0.3 is 10.6 Å². The van der Waals surface area contributed by atoms with Crippen molar-refractivity contribution < 1.29 is 4.79 Å². The largest absolute Gasteiger partial charge is 0.316 e. The maximum atomic E-state index is 11.8. The van der Waals surface area contributed by atoms with Crippen molar-refractivity contribution in [2.24, 2.45) is 5.92 Å². The third-order valence-electron chi connectivity index (χ3n) is 3.18. The summed E-state index contributed by atoms with van der Waals surface area (Å²) >= 11 is 11.7. The van der Waals surface area contributed by atoms with Gasteiger partial charge in [0.2, 0.25) is 5.91 Å². The van der Waals surface area contributed by atoms with Crippen LogP contribution in [0.25, 0.3) is 0 Å². The lowest BCUT2D eigenvalue weighted by Crippen LogP contribution is -2.30. The maximum absolute atomic E-state index is 11.8. The highest BCUT2D eigenvalue weighted by atomic mass is 35.5. The zero-order valence-corrected chi connectivity index (χ0v) is 12.0. The monoisotopic (exact) mass is 302 g/mol. The predicted octanol–water partition coefficient (Wildman–Crippen LogP) is 2.50. The minimum absolute atomic E-state index is 0.0951.